The van der Waals surface area contributed by atoms with Crippen molar-refractivity contribution in [3.8, 4) is 0 Å². The molecule has 0 saturated heterocycles. The first-order chi connectivity index (χ1) is 6.78. The number of hydrogen-bond acceptors (Lipinski definition) is 2. The summed E-state index contributed by atoms with van der Waals surface area (Å²) in [5, 5.41) is 9.34. The fraction of sp³-hybridized carbons (Fsp3) is 0.750. The predicted octanol–water partition coefficient (Wildman–Crippen LogP) is 1.68. The van der Waals surface area contributed by atoms with E-state index in [2.05, 4.69) is 0 Å². The first kappa shape index (κ1) is 8.66. The van der Waals surface area contributed by atoms with Gasteiger partial charge in [0.2, 0.25) is 0 Å². The van der Waals surface area contributed by atoms with Crippen molar-refractivity contribution in [2.75, 3.05) is 6.61 Å². The maximum atomic E-state index is 11.7. The molecule has 2 bridgehead atoms. The number of carbonyl (C=O) groups excluding carboxylic acids is 1. The van der Waals surface area contributed by atoms with Crippen LogP contribution in [0.1, 0.15) is 32.1 Å². The van der Waals surface area contributed by atoms with Crippen molar-refractivity contribution >= 4 is 5.78 Å². The summed E-state index contributed by atoms with van der Waals surface area (Å²) >= 11 is 0. The lowest BCUT2D eigenvalue weighted by Gasteiger charge is -2.36. The van der Waals surface area contributed by atoms with Crippen molar-refractivity contribution in [3.63, 3.8) is 0 Å². The Morgan fingerprint density at radius 1 is 1.43 bits per heavy atom. The van der Waals surface area contributed by atoms with E-state index < -0.39 is 0 Å². The number of rotatable bonds is 1. The van der Waals surface area contributed by atoms with Gasteiger partial charge in [0.1, 0.15) is 0 Å². The highest BCUT2D eigenvalue weighted by Gasteiger charge is 2.56. The third-order valence-corrected chi connectivity index (χ3v) is 4.62. The maximum absolute atomic E-state index is 11.7. The van der Waals surface area contributed by atoms with Gasteiger partial charge in [-0.3, -0.25) is 4.79 Å². The Morgan fingerprint density at radius 2 is 2.29 bits per heavy atom. The second kappa shape index (κ2) is 2.69. The van der Waals surface area contributed by atoms with E-state index in [1.165, 1.54) is 24.8 Å². The molecule has 76 valence electrons. The second-order valence-electron chi connectivity index (χ2n) is 5.02. The largest absolute Gasteiger partial charge is 0.396 e. The Hall–Kier alpha value is -0.630. The molecule has 3 atom stereocenters. The van der Waals surface area contributed by atoms with Gasteiger partial charge in [-0.25, -0.2) is 0 Å². The van der Waals surface area contributed by atoms with Gasteiger partial charge in [0, 0.05) is 5.41 Å². The van der Waals surface area contributed by atoms with Gasteiger partial charge in [0.15, 0.2) is 5.78 Å². The van der Waals surface area contributed by atoms with Gasteiger partial charge in [-0.1, -0.05) is 12.0 Å². The summed E-state index contributed by atoms with van der Waals surface area (Å²) < 4.78 is 0. The van der Waals surface area contributed by atoms with Gasteiger partial charge in [-0.05, 0) is 37.7 Å². The zero-order chi connectivity index (χ0) is 9.76. The van der Waals surface area contributed by atoms with Crippen LogP contribution in [0.3, 0.4) is 0 Å². The number of allylic oxidation sites excluding steroid dienone is 2. The lowest BCUT2D eigenvalue weighted by Crippen LogP contribution is -2.33. The van der Waals surface area contributed by atoms with Gasteiger partial charge in [0.05, 0.1) is 12.5 Å². The highest BCUT2D eigenvalue weighted by Crippen LogP contribution is 2.61. The van der Waals surface area contributed by atoms with Crippen LogP contribution >= 0.6 is 0 Å². The fourth-order valence-electron chi connectivity index (χ4n) is 3.97. The average molecular weight is 192 g/mol. The van der Waals surface area contributed by atoms with E-state index in [9.17, 15) is 9.90 Å². The van der Waals surface area contributed by atoms with Crippen LogP contribution in [-0.2, 0) is 4.79 Å². The first-order valence-corrected chi connectivity index (χ1v) is 5.65. The third kappa shape index (κ3) is 0.830. The molecule has 0 aliphatic heterocycles. The zero-order valence-corrected chi connectivity index (χ0v) is 8.33. The molecule has 0 aromatic heterocycles. The third-order valence-electron chi connectivity index (χ3n) is 4.62. The molecule has 0 aromatic carbocycles. The Morgan fingerprint density at radius 3 is 3.07 bits per heavy atom. The maximum Gasteiger partial charge on any atom is 0.161 e. The van der Waals surface area contributed by atoms with E-state index in [-0.39, 0.29) is 23.7 Å². The van der Waals surface area contributed by atoms with Crippen LogP contribution in [0.2, 0.25) is 0 Å². The highest BCUT2D eigenvalue weighted by atomic mass is 16.3. The van der Waals surface area contributed by atoms with Gasteiger partial charge in [-0.15, -0.1) is 0 Å². The Kier molecular flexibility index (Phi) is 1.67. The minimum Gasteiger partial charge on any atom is -0.396 e. The van der Waals surface area contributed by atoms with E-state index in [1.807, 2.05) is 6.08 Å². The normalized spacial score (nSPS) is 45.2. The molecule has 2 heteroatoms. The van der Waals surface area contributed by atoms with Crippen molar-refractivity contribution in [2.24, 2.45) is 17.3 Å². The fourth-order valence-corrected chi connectivity index (χ4v) is 3.97. The molecule has 0 amide bonds. The van der Waals surface area contributed by atoms with E-state index >= 15 is 0 Å². The highest BCUT2D eigenvalue weighted by molar-refractivity contribution is 5.97. The lowest BCUT2D eigenvalue weighted by molar-refractivity contribution is -0.121. The topological polar surface area (TPSA) is 37.3 Å². The molecule has 2 nitrogen and oxygen atoms in total. The number of carbonyl (C=O) groups is 1. The van der Waals surface area contributed by atoms with Crippen molar-refractivity contribution < 1.29 is 9.90 Å². The molecule has 2 fully saturated rings. The van der Waals surface area contributed by atoms with Crippen molar-refractivity contribution in [1.82, 2.24) is 0 Å². The predicted molar refractivity (Wildman–Crippen MR) is 52.7 cm³/mol. The van der Waals surface area contributed by atoms with E-state index in [4.69, 9.17) is 0 Å². The van der Waals surface area contributed by atoms with Gasteiger partial charge < -0.3 is 5.11 Å². The van der Waals surface area contributed by atoms with Crippen LogP contribution in [0.25, 0.3) is 0 Å². The lowest BCUT2D eigenvalue weighted by atomic mass is 9.68. The molecular weight excluding hydrogens is 176 g/mol. The van der Waals surface area contributed by atoms with Crippen LogP contribution in [-0.4, -0.2) is 17.5 Å². The summed E-state index contributed by atoms with van der Waals surface area (Å²) in [6, 6.07) is 0. The SMILES string of the molecule is O=C1C=C2C3CCCC2(CC3)C1CO. The van der Waals surface area contributed by atoms with Crippen LogP contribution in [0.15, 0.2) is 11.6 Å². The number of aliphatic hydroxyl groups is 1. The number of ketones is 1. The average Bonchev–Trinajstić information content (AvgIpc) is 2.54. The standard InChI is InChI=1S/C12H16O2/c13-7-10-11(14)6-9-8-2-1-4-12(9,10)5-3-8/h6,8,10,13H,1-5,7H2. The molecule has 3 unspecified atom stereocenters. The summed E-state index contributed by atoms with van der Waals surface area (Å²) in [6.45, 7) is 0.0472. The Labute approximate surface area is 84.0 Å². The summed E-state index contributed by atoms with van der Waals surface area (Å²) in [4.78, 5) is 11.7. The minimum atomic E-state index is -0.0946. The van der Waals surface area contributed by atoms with Crippen LogP contribution in [0.4, 0.5) is 0 Å². The smallest absolute Gasteiger partial charge is 0.161 e. The molecule has 3 rings (SSSR count). The molecule has 0 aromatic rings. The van der Waals surface area contributed by atoms with Crippen molar-refractivity contribution in [1.29, 1.82) is 0 Å². The van der Waals surface area contributed by atoms with E-state index in [0.29, 0.717) is 5.92 Å². The summed E-state index contributed by atoms with van der Waals surface area (Å²) in [5.74, 6) is 0.765. The molecule has 0 spiro atoms. The summed E-state index contributed by atoms with van der Waals surface area (Å²) in [6.07, 6.45) is 7.88. The van der Waals surface area contributed by atoms with Crippen LogP contribution in [0, 0.1) is 17.3 Å². The molecular formula is C12H16O2. The van der Waals surface area contributed by atoms with Crippen LogP contribution < -0.4 is 0 Å². The zero-order valence-electron chi connectivity index (χ0n) is 8.33. The van der Waals surface area contributed by atoms with E-state index in [0.717, 1.165) is 12.8 Å². The monoisotopic (exact) mass is 192 g/mol. The molecule has 0 radical (unpaired) electrons. The van der Waals surface area contributed by atoms with Gasteiger partial charge >= 0.3 is 0 Å². The Bertz CT molecular complexity index is 314. The first-order valence-electron chi connectivity index (χ1n) is 5.65. The molecule has 3 aliphatic rings. The van der Waals surface area contributed by atoms with Gasteiger partial charge in [0.25, 0.3) is 0 Å². The van der Waals surface area contributed by atoms with E-state index in [1.54, 1.807) is 0 Å². The summed E-state index contributed by atoms with van der Waals surface area (Å²) in [5.41, 5.74) is 1.50. The molecule has 0 heterocycles. The summed E-state index contributed by atoms with van der Waals surface area (Å²) in [7, 11) is 0. The van der Waals surface area contributed by atoms with Crippen molar-refractivity contribution in [3.05, 3.63) is 11.6 Å². The molecule has 14 heavy (non-hydrogen) atoms. The number of aliphatic hydroxyl groups excluding tert-OH is 1. The second-order valence-corrected chi connectivity index (χ2v) is 5.02. The number of hydrogen-bond donors (Lipinski definition) is 1. The molecule has 3 aliphatic carbocycles. The van der Waals surface area contributed by atoms with Gasteiger partial charge in [-0.2, -0.15) is 0 Å². The molecule has 2 saturated carbocycles. The minimum absolute atomic E-state index is 0.0472. The quantitative estimate of drug-likeness (QED) is 0.686. The van der Waals surface area contributed by atoms with Crippen LogP contribution in [0.5, 0.6) is 0 Å². The van der Waals surface area contributed by atoms with Crippen molar-refractivity contribution in [2.45, 2.75) is 32.1 Å². The molecule has 1 N–H and O–H groups in total. The Balaban J connectivity index is 2.07.